The zero-order valence-electron chi connectivity index (χ0n) is 10.2. The van der Waals surface area contributed by atoms with Crippen molar-refractivity contribution in [1.29, 1.82) is 0 Å². The molecule has 0 aliphatic heterocycles. The van der Waals surface area contributed by atoms with E-state index < -0.39 is 0 Å². The maximum absolute atomic E-state index is 11.9. The van der Waals surface area contributed by atoms with Gasteiger partial charge >= 0.3 is 0 Å². The van der Waals surface area contributed by atoms with E-state index in [1.165, 1.54) is 0 Å². The second-order valence-electron chi connectivity index (χ2n) is 4.25. The summed E-state index contributed by atoms with van der Waals surface area (Å²) in [6.45, 7) is 0. The monoisotopic (exact) mass is 268 g/mol. The molecule has 3 nitrogen and oxygen atoms in total. The van der Waals surface area contributed by atoms with Crippen molar-refractivity contribution in [3.8, 4) is 0 Å². The predicted molar refractivity (Wildman–Crippen MR) is 78.4 cm³/mol. The van der Waals surface area contributed by atoms with Crippen LogP contribution in [-0.2, 0) is 11.2 Å². The van der Waals surface area contributed by atoms with Crippen molar-refractivity contribution in [2.24, 2.45) is 0 Å². The Bertz CT molecular complexity index is 706. The SMILES string of the molecule is O=C(Cc1ccccc1)Nc1ccc2ncsc2c1. The highest BCUT2D eigenvalue weighted by atomic mass is 32.1. The smallest absolute Gasteiger partial charge is 0.228 e. The van der Waals surface area contributed by atoms with Gasteiger partial charge in [0.15, 0.2) is 0 Å². The number of amides is 1. The minimum atomic E-state index is -0.00457. The van der Waals surface area contributed by atoms with Crippen molar-refractivity contribution in [3.63, 3.8) is 0 Å². The summed E-state index contributed by atoms with van der Waals surface area (Å²) >= 11 is 1.57. The molecular weight excluding hydrogens is 256 g/mol. The highest BCUT2D eigenvalue weighted by Gasteiger charge is 2.05. The maximum atomic E-state index is 11.9. The summed E-state index contributed by atoms with van der Waals surface area (Å²) in [6, 6.07) is 15.5. The van der Waals surface area contributed by atoms with E-state index in [-0.39, 0.29) is 5.91 Å². The van der Waals surface area contributed by atoms with E-state index in [4.69, 9.17) is 0 Å². The number of thiazole rings is 1. The number of carbonyl (C=O) groups excluding carboxylic acids is 1. The number of carbonyl (C=O) groups is 1. The fraction of sp³-hybridized carbons (Fsp3) is 0.0667. The number of hydrogen-bond donors (Lipinski definition) is 1. The number of nitrogens with one attached hydrogen (secondary N) is 1. The summed E-state index contributed by atoms with van der Waals surface area (Å²) in [7, 11) is 0. The number of fused-ring (bicyclic) bond motifs is 1. The van der Waals surface area contributed by atoms with Crippen LogP contribution in [0.15, 0.2) is 54.0 Å². The third-order valence-electron chi connectivity index (χ3n) is 2.82. The summed E-state index contributed by atoms with van der Waals surface area (Å²) in [5.41, 5.74) is 4.60. The first-order valence-electron chi connectivity index (χ1n) is 5.98. The zero-order chi connectivity index (χ0) is 13.1. The van der Waals surface area contributed by atoms with E-state index in [0.717, 1.165) is 21.5 Å². The van der Waals surface area contributed by atoms with Crippen LogP contribution in [-0.4, -0.2) is 10.9 Å². The molecule has 0 bridgehead atoms. The zero-order valence-corrected chi connectivity index (χ0v) is 11.0. The Morgan fingerprint density at radius 2 is 2.00 bits per heavy atom. The Labute approximate surface area is 114 Å². The van der Waals surface area contributed by atoms with Gasteiger partial charge in [-0.3, -0.25) is 4.79 Å². The average molecular weight is 268 g/mol. The summed E-state index contributed by atoms with van der Waals surface area (Å²) in [5, 5.41) is 2.91. The topological polar surface area (TPSA) is 42.0 Å². The standard InChI is InChI=1S/C15H12N2OS/c18-15(8-11-4-2-1-3-5-11)17-12-6-7-13-14(9-12)19-10-16-13/h1-7,9-10H,8H2,(H,17,18). The van der Waals surface area contributed by atoms with E-state index in [1.807, 2.05) is 48.5 Å². The Hall–Kier alpha value is -2.20. The van der Waals surface area contributed by atoms with Crippen LogP contribution < -0.4 is 5.32 Å². The third kappa shape index (κ3) is 2.80. The summed E-state index contributed by atoms with van der Waals surface area (Å²) < 4.78 is 1.08. The second kappa shape index (κ2) is 5.20. The predicted octanol–water partition coefficient (Wildman–Crippen LogP) is 3.48. The number of rotatable bonds is 3. The highest BCUT2D eigenvalue weighted by molar-refractivity contribution is 7.16. The average Bonchev–Trinajstić information content (AvgIpc) is 2.87. The van der Waals surface area contributed by atoms with Gasteiger partial charge in [-0.1, -0.05) is 30.3 Å². The molecule has 3 rings (SSSR count). The maximum Gasteiger partial charge on any atom is 0.228 e. The van der Waals surface area contributed by atoms with Crippen LogP contribution in [0.5, 0.6) is 0 Å². The van der Waals surface area contributed by atoms with Crippen LogP contribution in [0.25, 0.3) is 10.2 Å². The van der Waals surface area contributed by atoms with Gasteiger partial charge < -0.3 is 5.32 Å². The van der Waals surface area contributed by atoms with Crippen molar-refractivity contribution < 1.29 is 4.79 Å². The van der Waals surface area contributed by atoms with Gasteiger partial charge in [-0.25, -0.2) is 4.98 Å². The molecule has 0 fully saturated rings. The Kier molecular flexibility index (Phi) is 3.25. The van der Waals surface area contributed by atoms with E-state index in [1.54, 1.807) is 16.8 Å². The van der Waals surface area contributed by atoms with E-state index >= 15 is 0 Å². The Morgan fingerprint density at radius 1 is 1.16 bits per heavy atom. The molecule has 1 heterocycles. The summed E-state index contributed by atoms with van der Waals surface area (Å²) in [5.74, 6) is -0.00457. The number of anilines is 1. The van der Waals surface area contributed by atoms with E-state index in [9.17, 15) is 4.79 Å². The van der Waals surface area contributed by atoms with Gasteiger partial charge in [-0.15, -0.1) is 11.3 Å². The van der Waals surface area contributed by atoms with E-state index in [0.29, 0.717) is 6.42 Å². The molecule has 1 N–H and O–H groups in total. The van der Waals surface area contributed by atoms with Gasteiger partial charge in [0.1, 0.15) is 0 Å². The van der Waals surface area contributed by atoms with Crippen LogP contribution in [0.1, 0.15) is 5.56 Å². The Balaban J connectivity index is 1.72. The minimum Gasteiger partial charge on any atom is -0.326 e. The summed E-state index contributed by atoms with van der Waals surface area (Å²) in [6.07, 6.45) is 0.390. The largest absolute Gasteiger partial charge is 0.326 e. The molecule has 1 aromatic heterocycles. The molecule has 0 saturated heterocycles. The van der Waals surface area contributed by atoms with Crippen LogP contribution in [0.2, 0.25) is 0 Å². The van der Waals surface area contributed by atoms with Gasteiger partial charge in [0.05, 0.1) is 22.1 Å². The van der Waals surface area contributed by atoms with Crippen LogP contribution in [0.3, 0.4) is 0 Å². The number of benzene rings is 2. The lowest BCUT2D eigenvalue weighted by Gasteiger charge is -2.05. The molecule has 0 atom stereocenters. The van der Waals surface area contributed by atoms with Gasteiger partial charge in [-0.05, 0) is 23.8 Å². The lowest BCUT2D eigenvalue weighted by atomic mass is 10.1. The minimum absolute atomic E-state index is 0.00457. The first-order chi connectivity index (χ1) is 9.31. The van der Waals surface area contributed by atoms with Crippen molar-refractivity contribution in [2.75, 3.05) is 5.32 Å². The molecule has 0 unspecified atom stereocenters. The van der Waals surface area contributed by atoms with E-state index in [2.05, 4.69) is 10.3 Å². The molecule has 94 valence electrons. The number of aromatic nitrogens is 1. The summed E-state index contributed by atoms with van der Waals surface area (Å²) in [4.78, 5) is 16.1. The molecule has 1 amide bonds. The molecule has 19 heavy (non-hydrogen) atoms. The van der Waals surface area contributed by atoms with Gasteiger partial charge in [0.25, 0.3) is 0 Å². The van der Waals surface area contributed by atoms with Crippen LogP contribution >= 0.6 is 11.3 Å². The van der Waals surface area contributed by atoms with Gasteiger partial charge in [-0.2, -0.15) is 0 Å². The fourth-order valence-corrected chi connectivity index (χ4v) is 2.64. The quantitative estimate of drug-likeness (QED) is 0.790. The second-order valence-corrected chi connectivity index (χ2v) is 5.13. The third-order valence-corrected chi connectivity index (χ3v) is 3.61. The first kappa shape index (κ1) is 11.9. The fourth-order valence-electron chi connectivity index (χ4n) is 1.92. The lowest BCUT2D eigenvalue weighted by Crippen LogP contribution is -2.14. The molecule has 0 saturated carbocycles. The lowest BCUT2D eigenvalue weighted by molar-refractivity contribution is -0.115. The number of nitrogens with zero attached hydrogens (tertiary/aromatic N) is 1. The molecule has 0 spiro atoms. The van der Waals surface area contributed by atoms with Crippen molar-refractivity contribution in [1.82, 2.24) is 4.98 Å². The Morgan fingerprint density at radius 3 is 2.84 bits per heavy atom. The molecule has 0 aliphatic carbocycles. The van der Waals surface area contributed by atoms with Gasteiger partial charge in [0, 0.05) is 5.69 Å². The molecule has 3 aromatic rings. The molecular formula is C15H12N2OS. The van der Waals surface area contributed by atoms with Crippen LogP contribution in [0, 0.1) is 0 Å². The molecule has 2 aromatic carbocycles. The molecule has 0 aliphatic rings. The first-order valence-corrected chi connectivity index (χ1v) is 6.86. The van der Waals surface area contributed by atoms with Gasteiger partial charge in [0.2, 0.25) is 5.91 Å². The number of hydrogen-bond acceptors (Lipinski definition) is 3. The van der Waals surface area contributed by atoms with Crippen molar-refractivity contribution in [2.45, 2.75) is 6.42 Å². The molecule has 4 heteroatoms. The van der Waals surface area contributed by atoms with Crippen molar-refractivity contribution >= 4 is 33.1 Å². The highest BCUT2D eigenvalue weighted by Crippen LogP contribution is 2.21. The van der Waals surface area contributed by atoms with Crippen LogP contribution in [0.4, 0.5) is 5.69 Å². The van der Waals surface area contributed by atoms with Crippen molar-refractivity contribution in [3.05, 3.63) is 59.6 Å². The normalized spacial score (nSPS) is 10.5. The molecule has 0 radical (unpaired) electrons.